The summed E-state index contributed by atoms with van der Waals surface area (Å²) in [6, 6.07) is 4.05. The maximum absolute atomic E-state index is 13.5. The van der Waals surface area contributed by atoms with Gasteiger partial charge in [-0.15, -0.1) is 0 Å². The number of benzene rings is 1. The summed E-state index contributed by atoms with van der Waals surface area (Å²) in [4.78, 5) is 21.6. The molecular formula is C14H17FO3. The van der Waals surface area contributed by atoms with Crippen molar-refractivity contribution < 1.29 is 18.7 Å². The summed E-state index contributed by atoms with van der Waals surface area (Å²) < 4.78 is 19.0. The molecule has 1 aromatic carbocycles. The molecule has 18 heavy (non-hydrogen) atoms. The topological polar surface area (TPSA) is 43.4 Å². The summed E-state index contributed by atoms with van der Waals surface area (Å²) in [6.07, 6.45) is 0.846. The first-order chi connectivity index (χ1) is 8.43. The van der Waals surface area contributed by atoms with Crippen LogP contribution in [0.15, 0.2) is 18.2 Å². The van der Waals surface area contributed by atoms with Gasteiger partial charge in [-0.25, -0.2) is 4.39 Å². The number of rotatable bonds is 6. The first kappa shape index (κ1) is 14.4. The molecule has 3 nitrogen and oxygen atoms in total. The number of halogens is 1. The zero-order valence-corrected chi connectivity index (χ0v) is 10.8. The summed E-state index contributed by atoms with van der Waals surface area (Å²) in [5.41, 5.74) is 0.268. The van der Waals surface area contributed by atoms with Gasteiger partial charge in [0.05, 0.1) is 6.10 Å². The highest BCUT2D eigenvalue weighted by Gasteiger charge is 2.15. The fourth-order valence-electron chi connectivity index (χ4n) is 1.61. The van der Waals surface area contributed by atoms with Crippen molar-refractivity contribution in [1.29, 1.82) is 0 Å². The molecule has 0 saturated heterocycles. The molecule has 98 valence electrons. The molecule has 0 amide bonds. The van der Waals surface area contributed by atoms with E-state index >= 15 is 0 Å². The van der Waals surface area contributed by atoms with Crippen molar-refractivity contribution in [3.05, 3.63) is 29.6 Å². The van der Waals surface area contributed by atoms with E-state index in [2.05, 4.69) is 0 Å². The van der Waals surface area contributed by atoms with Crippen molar-refractivity contribution in [2.45, 2.75) is 33.3 Å². The number of ether oxygens (including phenoxy) is 1. The van der Waals surface area contributed by atoms with Gasteiger partial charge < -0.3 is 4.74 Å². The van der Waals surface area contributed by atoms with Gasteiger partial charge in [0.1, 0.15) is 12.1 Å². The predicted molar refractivity (Wildman–Crippen MR) is 66.3 cm³/mol. The Labute approximate surface area is 106 Å². The van der Waals surface area contributed by atoms with Gasteiger partial charge in [-0.3, -0.25) is 9.59 Å². The highest BCUT2D eigenvalue weighted by Crippen LogP contribution is 2.21. The van der Waals surface area contributed by atoms with Crippen molar-refractivity contribution in [3.63, 3.8) is 0 Å². The van der Waals surface area contributed by atoms with E-state index in [1.165, 1.54) is 19.1 Å². The number of ketones is 1. The molecule has 0 heterocycles. The van der Waals surface area contributed by atoms with Crippen LogP contribution >= 0.6 is 0 Å². The van der Waals surface area contributed by atoms with Gasteiger partial charge in [0.25, 0.3) is 0 Å². The number of carbonyl (C=O) groups is 2. The summed E-state index contributed by atoms with van der Waals surface area (Å²) in [7, 11) is 0. The number of aldehydes is 1. The van der Waals surface area contributed by atoms with Crippen molar-refractivity contribution in [1.82, 2.24) is 0 Å². The minimum Gasteiger partial charge on any atom is -0.488 e. The van der Waals surface area contributed by atoms with Gasteiger partial charge in [-0.05, 0) is 38.5 Å². The quantitative estimate of drug-likeness (QED) is 0.731. The molecule has 0 radical (unpaired) electrons. The number of hydrogen-bond acceptors (Lipinski definition) is 3. The minimum absolute atomic E-state index is 0.0854. The second-order valence-corrected chi connectivity index (χ2v) is 4.48. The Morgan fingerprint density at radius 1 is 1.44 bits per heavy atom. The van der Waals surface area contributed by atoms with Crippen molar-refractivity contribution in [3.8, 4) is 5.75 Å². The van der Waals surface area contributed by atoms with Gasteiger partial charge in [0.15, 0.2) is 11.6 Å². The molecule has 0 N–H and O–H groups in total. The molecule has 0 saturated carbocycles. The Morgan fingerprint density at radius 3 is 2.61 bits per heavy atom. The largest absolute Gasteiger partial charge is 0.488 e. The van der Waals surface area contributed by atoms with Gasteiger partial charge in [0.2, 0.25) is 0 Å². The third kappa shape index (κ3) is 3.95. The molecule has 2 atom stereocenters. The number of hydrogen-bond donors (Lipinski definition) is 0. The summed E-state index contributed by atoms with van der Waals surface area (Å²) in [5, 5.41) is 0. The monoisotopic (exact) mass is 252 g/mol. The Morgan fingerprint density at radius 2 is 2.11 bits per heavy atom. The average Bonchev–Trinajstić information content (AvgIpc) is 2.31. The van der Waals surface area contributed by atoms with Crippen LogP contribution in [0.5, 0.6) is 5.75 Å². The van der Waals surface area contributed by atoms with Crippen LogP contribution in [0.2, 0.25) is 0 Å². The zero-order valence-electron chi connectivity index (χ0n) is 10.8. The number of carbonyl (C=O) groups excluding carboxylic acids is 2. The number of Topliss-reactive ketones (excluding diaryl/α,β-unsaturated/α-hetero) is 1. The molecule has 4 heteroatoms. The molecule has 0 aromatic heterocycles. The lowest BCUT2D eigenvalue weighted by atomic mass is 10.0. The molecule has 0 fully saturated rings. The highest BCUT2D eigenvalue weighted by atomic mass is 19.1. The van der Waals surface area contributed by atoms with Crippen LogP contribution in [0.4, 0.5) is 4.39 Å². The fraction of sp³-hybridized carbons (Fsp3) is 0.429. The SMILES string of the molecule is CC(=O)[C@H](C)C[C@H](C)Oc1ccc(C=O)cc1F. The van der Waals surface area contributed by atoms with Gasteiger partial charge >= 0.3 is 0 Å². The van der Waals surface area contributed by atoms with Crippen molar-refractivity contribution in [2.75, 3.05) is 0 Å². The second kappa shape index (κ2) is 6.28. The fourth-order valence-corrected chi connectivity index (χ4v) is 1.61. The third-order valence-corrected chi connectivity index (χ3v) is 2.80. The third-order valence-electron chi connectivity index (χ3n) is 2.80. The van der Waals surface area contributed by atoms with E-state index < -0.39 is 5.82 Å². The lowest BCUT2D eigenvalue weighted by molar-refractivity contribution is -0.120. The molecule has 1 rings (SSSR count). The predicted octanol–water partition coefficient (Wildman–Crippen LogP) is 3.02. The van der Waals surface area contributed by atoms with Crippen LogP contribution in [-0.2, 0) is 4.79 Å². The van der Waals surface area contributed by atoms with E-state index in [1.54, 1.807) is 6.92 Å². The zero-order chi connectivity index (χ0) is 13.7. The van der Waals surface area contributed by atoms with E-state index in [4.69, 9.17) is 4.74 Å². The standard InChI is InChI=1S/C14H17FO3/c1-9(11(3)17)6-10(2)18-14-5-4-12(8-16)7-13(14)15/h4-5,7-10H,6H2,1-3H3/t9-,10+/m1/s1. The lowest BCUT2D eigenvalue weighted by Gasteiger charge is -2.17. The first-order valence-electron chi connectivity index (χ1n) is 5.86. The van der Waals surface area contributed by atoms with E-state index in [1.807, 2.05) is 6.92 Å². The minimum atomic E-state index is -0.568. The van der Waals surface area contributed by atoms with Crippen LogP contribution in [0.3, 0.4) is 0 Å². The Balaban J connectivity index is 2.67. The van der Waals surface area contributed by atoms with Crippen LogP contribution in [-0.4, -0.2) is 18.2 Å². The molecule has 1 aromatic rings. The second-order valence-electron chi connectivity index (χ2n) is 4.48. The van der Waals surface area contributed by atoms with E-state index in [0.717, 1.165) is 6.07 Å². The Bertz CT molecular complexity index is 443. The molecule has 0 aliphatic heterocycles. The lowest BCUT2D eigenvalue weighted by Crippen LogP contribution is -2.19. The van der Waals surface area contributed by atoms with Crippen molar-refractivity contribution in [2.24, 2.45) is 5.92 Å². The van der Waals surface area contributed by atoms with Crippen LogP contribution in [0, 0.1) is 11.7 Å². The maximum Gasteiger partial charge on any atom is 0.165 e. The average molecular weight is 252 g/mol. The van der Waals surface area contributed by atoms with Gasteiger partial charge in [-0.2, -0.15) is 0 Å². The van der Waals surface area contributed by atoms with E-state index in [-0.39, 0.29) is 29.1 Å². The van der Waals surface area contributed by atoms with E-state index in [0.29, 0.717) is 12.7 Å². The first-order valence-corrected chi connectivity index (χ1v) is 5.86. The molecule has 0 bridgehead atoms. The smallest absolute Gasteiger partial charge is 0.165 e. The molecule has 0 aliphatic rings. The van der Waals surface area contributed by atoms with Crippen LogP contribution in [0.1, 0.15) is 37.6 Å². The normalized spacial score (nSPS) is 13.8. The molecule has 0 spiro atoms. The Hall–Kier alpha value is -1.71. The summed E-state index contributed by atoms with van der Waals surface area (Å²) in [5.74, 6) is -0.495. The Kier molecular flexibility index (Phi) is 5.01. The van der Waals surface area contributed by atoms with Crippen LogP contribution < -0.4 is 4.74 Å². The van der Waals surface area contributed by atoms with Crippen LogP contribution in [0.25, 0.3) is 0 Å². The van der Waals surface area contributed by atoms with E-state index in [9.17, 15) is 14.0 Å². The maximum atomic E-state index is 13.5. The summed E-state index contributed by atoms with van der Waals surface area (Å²) in [6.45, 7) is 5.12. The van der Waals surface area contributed by atoms with Crippen molar-refractivity contribution >= 4 is 12.1 Å². The molecular weight excluding hydrogens is 235 g/mol. The highest BCUT2D eigenvalue weighted by molar-refractivity contribution is 5.77. The molecule has 0 aliphatic carbocycles. The summed E-state index contributed by atoms with van der Waals surface area (Å²) >= 11 is 0. The van der Waals surface area contributed by atoms with Gasteiger partial charge in [0, 0.05) is 11.5 Å². The molecule has 0 unspecified atom stereocenters. The van der Waals surface area contributed by atoms with Gasteiger partial charge in [-0.1, -0.05) is 6.92 Å².